The van der Waals surface area contributed by atoms with E-state index in [9.17, 15) is 9.59 Å². The summed E-state index contributed by atoms with van der Waals surface area (Å²) in [6.45, 7) is 2.97. The number of pyridine rings is 2. The summed E-state index contributed by atoms with van der Waals surface area (Å²) in [5, 5.41) is 6.25. The Morgan fingerprint density at radius 2 is 1.43 bits per heavy atom. The molecule has 0 fully saturated rings. The Morgan fingerprint density at radius 3 is 2.00 bits per heavy atom. The van der Waals surface area contributed by atoms with E-state index in [1.165, 1.54) is 0 Å². The number of carbonyl (C=O) groups excluding carboxylic acids is 2. The third-order valence-corrected chi connectivity index (χ3v) is 4.49. The van der Waals surface area contributed by atoms with Gasteiger partial charge in [-0.1, -0.05) is 12.1 Å². The Labute approximate surface area is 175 Å². The fraction of sp³-hybridized carbons (Fsp3) is 0.217. The minimum Gasteiger partial charge on any atom is -0.462 e. The number of nitrogens with one attached hydrogen (secondary N) is 2. The number of hydrogen-bond donors (Lipinski definition) is 2. The van der Waals surface area contributed by atoms with Gasteiger partial charge in [-0.15, -0.1) is 0 Å². The van der Waals surface area contributed by atoms with Crippen LogP contribution in [0.4, 0.5) is 0 Å². The topological polar surface area (TPSA) is 93.2 Å². The number of nitrogens with zero attached hydrogens (tertiary/aromatic N) is 2. The van der Waals surface area contributed by atoms with E-state index >= 15 is 0 Å². The van der Waals surface area contributed by atoms with Crippen LogP contribution in [0.15, 0.2) is 73.3 Å². The van der Waals surface area contributed by atoms with Crippen molar-refractivity contribution >= 4 is 11.9 Å². The fourth-order valence-corrected chi connectivity index (χ4v) is 2.90. The molecule has 1 unspecified atom stereocenters. The Hall–Kier alpha value is -3.58. The van der Waals surface area contributed by atoms with E-state index in [0.29, 0.717) is 25.3 Å². The van der Waals surface area contributed by atoms with Gasteiger partial charge in [0.25, 0.3) is 0 Å². The van der Waals surface area contributed by atoms with Gasteiger partial charge in [0.1, 0.15) is 6.04 Å². The minimum atomic E-state index is -0.587. The van der Waals surface area contributed by atoms with Gasteiger partial charge in [-0.3, -0.25) is 20.1 Å². The molecule has 1 amide bonds. The van der Waals surface area contributed by atoms with Gasteiger partial charge in [-0.2, -0.15) is 0 Å². The van der Waals surface area contributed by atoms with Gasteiger partial charge < -0.3 is 10.1 Å². The predicted octanol–water partition coefficient (Wildman–Crippen LogP) is 2.80. The molecule has 1 atom stereocenters. The maximum Gasteiger partial charge on any atom is 0.338 e. The van der Waals surface area contributed by atoms with E-state index in [0.717, 1.165) is 16.7 Å². The molecule has 0 saturated carbocycles. The van der Waals surface area contributed by atoms with Crippen molar-refractivity contribution in [1.82, 2.24) is 20.6 Å². The van der Waals surface area contributed by atoms with E-state index in [4.69, 9.17) is 4.74 Å². The minimum absolute atomic E-state index is 0.162. The van der Waals surface area contributed by atoms with Gasteiger partial charge in [-0.25, -0.2) is 4.79 Å². The predicted molar refractivity (Wildman–Crippen MR) is 112 cm³/mol. The van der Waals surface area contributed by atoms with Gasteiger partial charge in [0.2, 0.25) is 5.91 Å². The lowest BCUT2D eigenvalue weighted by molar-refractivity contribution is -0.123. The number of rotatable bonds is 9. The van der Waals surface area contributed by atoms with Gasteiger partial charge in [0.15, 0.2) is 0 Å². The van der Waals surface area contributed by atoms with Crippen LogP contribution < -0.4 is 10.6 Å². The second kappa shape index (κ2) is 10.8. The summed E-state index contributed by atoms with van der Waals surface area (Å²) >= 11 is 0. The lowest BCUT2D eigenvalue weighted by Gasteiger charge is -2.19. The maximum atomic E-state index is 13.0. The highest BCUT2D eigenvalue weighted by Crippen LogP contribution is 2.16. The van der Waals surface area contributed by atoms with Gasteiger partial charge in [-0.05, 0) is 60.0 Å². The average molecular weight is 404 g/mol. The average Bonchev–Trinajstić information content (AvgIpc) is 2.80. The summed E-state index contributed by atoms with van der Waals surface area (Å²) in [4.78, 5) is 32.9. The molecule has 0 saturated heterocycles. The second-order valence-electron chi connectivity index (χ2n) is 6.59. The molecule has 1 aromatic carbocycles. The first-order valence-electron chi connectivity index (χ1n) is 9.73. The number of amides is 1. The van der Waals surface area contributed by atoms with Crippen LogP contribution in [0.2, 0.25) is 0 Å². The van der Waals surface area contributed by atoms with Crippen LogP contribution in [0.1, 0.15) is 40.0 Å². The fourth-order valence-electron chi connectivity index (χ4n) is 2.90. The highest BCUT2D eigenvalue weighted by atomic mass is 16.5. The lowest BCUT2D eigenvalue weighted by Crippen LogP contribution is -2.37. The molecule has 30 heavy (non-hydrogen) atoms. The number of ether oxygens (including phenoxy) is 1. The van der Waals surface area contributed by atoms with Crippen LogP contribution in [0, 0.1) is 0 Å². The monoisotopic (exact) mass is 404 g/mol. The summed E-state index contributed by atoms with van der Waals surface area (Å²) in [6.07, 6.45) is 6.80. The molecule has 3 rings (SSSR count). The Kier molecular flexibility index (Phi) is 7.63. The van der Waals surface area contributed by atoms with Crippen molar-refractivity contribution in [3.05, 3.63) is 95.6 Å². The van der Waals surface area contributed by atoms with Crippen molar-refractivity contribution in [3.63, 3.8) is 0 Å². The standard InChI is InChI=1S/C23H24N4O3/c1-2-30-23(29)20-5-3-19(4-6-20)21(26-15-17-7-11-24-12-8-17)22(28)27-16-18-9-13-25-14-10-18/h3-14,21,26H,2,15-16H2,1H3,(H,27,28). The highest BCUT2D eigenvalue weighted by molar-refractivity contribution is 5.90. The quantitative estimate of drug-likeness (QED) is 0.533. The van der Waals surface area contributed by atoms with E-state index in [1.54, 1.807) is 56.0 Å². The summed E-state index contributed by atoms with van der Waals surface area (Å²) in [5.74, 6) is -0.544. The second-order valence-corrected chi connectivity index (χ2v) is 6.59. The van der Waals surface area contributed by atoms with Gasteiger partial charge in [0.05, 0.1) is 12.2 Å². The van der Waals surface area contributed by atoms with Crippen LogP contribution in [0.3, 0.4) is 0 Å². The third kappa shape index (κ3) is 5.96. The van der Waals surface area contributed by atoms with Gasteiger partial charge >= 0.3 is 5.97 Å². The first-order valence-corrected chi connectivity index (χ1v) is 9.73. The molecule has 0 aliphatic carbocycles. The smallest absolute Gasteiger partial charge is 0.338 e. The van der Waals surface area contributed by atoms with Crippen LogP contribution in [-0.4, -0.2) is 28.5 Å². The van der Waals surface area contributed by atoms with Crippen molar-refractivity contribution in [1.29, 1.82) is 0 Å². The highest BCUT2D eigenvalue weighted by Gasteiger charge is 2.20. The van der Waals surface area contributed by atoms with E-state index in [1.807, 2.05) is 24.3 Å². The summed E-state index contributed by atoms with van der Waals surface area (Å²) in [6, 6.07) is 13.8. The Bertz CT molecular complexity index is 947. The SMILES string of the molecule is CCOC(=O)c1ccc(C(NCc2ccncc2)C(=O)NCc2ccncc2)cc1. The number of aromatic nitrogens is 2. The summed E-state index contributed by atoms with van der Waals surface area (Å²) in [7, 11) is 0. The molecule has 2 N–H and O–H groups in total. The maximum absolute atomic E-state index is 13.0. The van der Waals surface area contributed by atoms with Crippen LogP contribution in [-0.2, 0) is 22.6 Å². The van der Waals surface area contributed by atoms with Crippen molar-refractivity contribution in [2.75, 3.05) is 6.61 Å². The molecular formula is C23H24N4O3. The molecule has 7 heteroatoms. The van der Waals surface area contributed by atoms with Crippen molar-refractivity contribution in [2.45, 2.75) is 26.1 Å². The first-order chi connectivity index (χ1) is 14.7. The van der Waals surface area contributed by atoms with Gasteiger partial charge in [0, 0.05) is 37.9 Å². The van der Waals surface area contributed by atoms with E-state index < -0.39 is 6.04 Å². The van der Waals surface area contributed by atoms with Crippen LogP contribution in [0.5, 0.6) is 0 Å². The molecule has 0 aliphatic heterocycles. The number of esters is 1. The molecule has 2 heterocycles. The molecule has 154 valence electrons. The summed E-state index contributed by atoms with van der Waals surface area (Å²) < 4.78 is 5.02. The molecule has 0 aliphatic rings. The molecule has 2 aromatic heterocycles. The third-order valence-electron chi connectivity index (χ3n) is 4.49. The largest absolute Gasteiger partial charge is 0.462 e. The zero-order chi connectivity index (χ0) is 21.2. The lowest BCUT2D eigenvalue weighted by atomic mass is 10.0. The first kappa shape index (κ1) is 21.1. The zero-order valence-corrected chi connectivity index (χ0v) is 16.7. The normalized spacial score (nSPS) is 11.5. The van der Waals surface area contributed by atoms with E-state index in [2.05, 4.69) is 20.6 Å². The van der Waals surface area contributed by atoms with Crippen LogP contribution >= 0.6 is 0 Å². The summed E-state index contributed by atoms with van der Waals surface area (Å²) in [5.41, 5.74) is 3.18. The number of carbonyl (C=O) groups is 2. The zero-order valence-electron chi connectivity index (χ0n) is 16.7. The number of hydrogen-bond acceptors (Lipinski definition) is 6. The Balaban J connectivity index is 1.74. The van der Waals surface area contributed by atoms with Crippen molar-refractivity contribution in [2.24, 2.45) is 0 Å². The molecule has 0 radical (unpaired) electrons. The van der Waals surface area contributed by atoms with E-state index in [-0.39, 0.29) is 11.9 Å². The molecule has 3 aromatic rings. The number of benzene rings is 1. The molecular weight excluding hydrogens is 380 g/mol. The molecule has 7 nitrogen and oxygen atoms in total. The van der Waals surface area contributed by atoms with Crippen molar-refractivity contribution < 1.29 is 14.3 Å². The molecule has 0 bridgehead atoms. The van der Waals surface area contributed by atoms with Crippen molar-refractivity contribution in [3.8, 4) is 0 Å². The molecule has 0 spiro atoms. The Morgan fingerprint density at radius 1 is 0.867 bits per heavy atom. The van der Waals surface area contributed by atoms with Crippen LogP contribution in [0.25, 0.3) is 0 Å².